The van der Waals surface area contributed by atoms with Crippen LogP contribution in [0.4, 0.5) is 11.4 Å². The maximum absolute atomic E-state index is 12.4. The fourth-order valence-electron chi connectivity index (χ4n) is 3.10. The van der Waals surface area contributed by atoms with E-state index in [0.717, 1.165) is 12.1 Å². The van der Waals surface area contributed by atoms with Crippen molar-refractivity contribution < 1.29 is 28.6 Å². The van der Waals surface area contributed by atoms with Crippen LogP contribution in [0.2, 0.25) is 0 Å². The number of ether oxygens (including phenoxy) is 3. The molecule has 29 heavy (non-hydrogen) atoms. The minimum atomic E-state index is -0.725. The minimum Gasteiger partial charge on any atom is -0.496 e. The van der Waals surface area contributed by atoms with Crippen molar-refractivity contribution in [3.8, 4) is 11.5 Å². The normalized spacial score (nSPS) is 13.2. The molecule has 8 heteroatoms. The van der Waals surface area contributed by atoms with Crippen molar-refractivity contribution in [2.75, 3.05) is 37.6 Å². The predicted molar refractivity (Wildman–Crippen MR) is 106 cm³/mol. The molecule has 1 fully saturated rings. The molecular formula is C21H22N2O6. The standard InChI is InChI=1S/C21H22N2O6/c1-27-16-5-3-6-17(28-2)20(16)21(26)29-13-18(24)22-14-8-10-15(11-9-14)23-12-4-7-19(23)25/h3,5-6,8-11H,4,7,12-13H2,1-2H3,(H,22,24). The van der Waals surface area contributed by atoms with Gasteiger partial charge in [-0.1, -0.05) is 6.07 Å². The van der Waals surface area contributed by atoms with E-state index in [-0.39, 0.29) is 11.5 Å². The Morgan fingerprint density at radius 3 is 2.24 bits per heavy atom. The quantitative estimate of drug-likeness (QED) is 0.721. The molecule has 8 nitrogen and oxygen atoms in total. The molecule has 2 aromatic rings. The van der Waals surface area contributed by atoms with Gasteiger partial charge in [-0.25, -0.2) is 4.79 Å². The van der Waals surface area contributed by atoms with E-state index >= 15 is 0 Å². The third kappa shape index (κ3) is 4.66. The van der Waals surface area contributed by atoms with Gasteiger partial charge in [0.25, 0.3) is 5.91 Å². The first-order valence-corrected chi connectivity index (χ1v) is 9.12. The number of hydrogen-bond acceptors (Lipinski definition) is 6. The van der Waals surface area contributed by atoms with Crippen molar-refractivity contribution in [1.82, 2.24) is 0 Å². The molecule has 1 aliphatic heterocycles. The zero-order valence-electron chi connectivity index (χ0n) is 16.3. The summed E-state index contributed by atoms with van der Waals surface area (Å²) in [5, 5.41) is 2.65. The molecule has 3 rings (SSSR count). The van der Waals surface area contributed by atoms with Gasteiger partial charge in [-0.3, -0.25) is 9.59 Å². The molecule has 152 valence electrons. The van der Waals surface area contributed by atoms with Gasteiger partial charge in [-0.2, -0.15) is 0 Å². The lowest BCUT2D eigenvalue weighted by Gasteiger charge is -2.16. The summed E-state index contributed by atoms with van der Waals surface area (Å²) >= 11 is 0. The second-order valence-corrected chi connectivity index (χ2v) is 6.36. The summed E-state index contributed by atoms with van der Waals surface area (Å²) < 4.78 is 15.4. The Labute approximate surface area is 168 Å². The molecule has 2 amide bonds. The van der Waals surface area contributed by atoms with Crippen LogP contribution in [0.5, 0.6) is 11.5 Å². The molecule has 1 aliphatic rings. The zero-order chi connectivity index (χ0) is 20.8. The average Bonchev–Trinajstić information content (AvgIpc) is 3.17. The van der Waals surface area contributed by atoms with Crippen molar-refractivity contribution >= 4 is 29.2 Å². The third-order valence-corrected chi connectivity index (χ3v) is 4.50. The molecule has 0 radical (unpaired) electrons. The Bertz CT molecular complexity index is 888. The number of hydrogen-bond donors (Lipinski definition) is 1. The van der Waals surface area contributed by atoms with Gasteiger partial charge in [0.15, 0.2) is 6.61 Å². The molecule has 0 saturated carbocycles. The number of amides is 2. The molecule has 1 saturated heterocycles. The van der Waals surface area contributed by atoms with Crippen LogP contribution < -0.4 is 19.7 Å². The summed E-state index contributed by atoms with van der Waals surface area (Å²) in [5.74, 6) is -0.529. The molecule has 0 bridgehead atoms. The van der Waals surface area contributed by atoms with E-state index in [2.05, 4.69) is 5.32 Å². The van der Waals surface area contributed by atoms with Crippen LogP contribution in [0.1, 0.15) is 23.2 Å². The first kappa shape index (κ1) is 20.2. The maximum atomic E-state index is 12.4. The second-order valence-electron chi connectivity index (χ2n) is 6.36. The zero-order valence-corrected chi connectivity index (χ0v) is 16.3. The first-order chi connectivity index (χ1) is 14.0. The van der Waals surface area contributed by atoms with Gasteiger partial charge in [0.05, 0.1) is 14.2 Å². The van der Waals surface area contributed by atoms with Crippen LogP contribution >= 0.6 is 0 Å². The van der Waals surface area contributed by atoms with E-state index < -0.39 is 18.5 Å². The Balaban J connectivity index is 1.58. The van der Waals surface area contributed by atoms with E-state index in [1.165, 1.54) is 14.2 Å². The Kier molecular flexibility index (Phi) is 6.33. The van der Waals surface area contributed by atoms with Gasteiger partial charge in [0, 0.05) is 24.3 Å². The van der Waals surface area contributed by atoms with Gasteiger partial charge in [-0.15, -0.1) is 0 Å². The summed E-state index contributed by atoms with van der Waals surface area (Å²) in [6.07, 6.45) is 1.40. The van der Waals surface area contributed by atoms with Crippen molar-refractivity contribution in [1.29, 1.82) is 0 Å². The van der Waals surface area contributed by atoms with Crippen LogP contribution in [-0.4, -0.2) is 45.2 Å². The number of carbonyl (C=O) groups is 3. The fourth-order valence-corrected chi connectivity index (χ4v) is 3.10. The highest BCUT2D eigenvalue weighted by atomic mass is 16.5. The van der Waals surface area contributed by atoms with Crippen molar-refractivity contribution in [3.63, 3.8) is 0 Å². The van der Waals surface area contributed by atoms with E-state index in [4.69, 9.17) is 14.2 Å². The van der Waals surface area contributed by atoms with E-state index in [1.54, 1.807) is 47.4 Å². The molecular weight excluding hydrogens is 376 g/mol. The molecule has 2 aromatic carbocycles. The van der Waals surface area contributed by atoms with Gasteiger partial charge in [0.2, 0.25) is 5.91 Å². The van der Waals surface area contributed by atoms with Gasteiger partial charge in [0.1, 0.15) is 17.1 Å². The number of anilines is 2. The van der Waals surface area contributed by atoms with Crippen LogP contribution in [0.25, 0.3) is 0 Å². The maximum Gasteiger partial charge on any atom is 0.346 e. The van der Waals surface area contributed by atoms with Crippen molar-refractivity contribution in [2.24, 2.45) is 0 Å². The van der Waals surface area contributed by atoms with Gasteiger partial charge < -0.3 is 24.4 Å². The third-order valence-electron chi connectivity index (χ3n) is 4.50. The highest BCUT2D eigenvalue weighted by molar-refractivity contribution is 5.99. The first-order valence-electron chi connectivity index (χ1n) is 9.12. The Hall–Kier alpha value is -3.55. The lowest BCUT2D eigenvalue weighted by molar-refractivity contribution is -0.119. The summed E-state index contributed by atoms with van der Waals surface area (Å²) in [6.45, 7) is 0.235. The molecule has 0 aromatic heterocycles. The van der Waals surface area contributed by atoms with Crippen molar-refractivity contribution in [2.45, 2.75) is 12.8 Å². The molecule has 1 N–H and O–H groups in total. The number of nitrogens with zero attached hydrogens (tertiary/aromatic N) is 1. The summed E-state index contributed by atoms with van der Waals surface area (Å²) in [7, 11) is 2.86. The van der Waals surface area contributed by atoms with E-state index in [9.17, 15) is 14.4 Å². The number of benzene rings is 2. The highest BCUT2D eigenvalue weighted by Gasteiger charge is 2.22. The predicted octanol–water partition coefficient (Wildman–Crippen LogP) is 2.63. The molecule has 0 atom stereocenters. The fraction of sp³-hybridized carbons (Fsp3) is 0.286. The van der Waals surface area contributed by atoms with E-state index in [1.807, 2.05) is 0 Å². The summed E-state index contributed by atoms with van der Waals surface area (Å²) in [6, 6.07) is 11.8. The SMILES string of the molecule is COc1cccc(OC)c1C(=O)OCC(=O)Nc1ccc(N2CCCC2=O)cc1. The Morgan fingerprint density at radius 2 is 1.69 bits per heavy atom. The largest absolute Gasteiger partial charge is 0.496 e. The number of nitrogens with one attached hydrogen (secondary N) is 1. The minimum absolute atomic E-state index is 0.0977. The highest BCUT2D eigenvalue weighted by Crippen LogP contribution is 2.29. The van der Waals surface area contributed by atoms with Crippen LogP contribution in [-0.2, 0) is 14.3 Å². The van der Waals surface area contributed by atoms with Crippen LogP contribution in [0, 0.1) is 0 Å². The summed E-state index contributed by atoms with van der Waals surface area (Å²) in [5.41, 5.74) is 1.45. The smallest absolute Gasteiger partial charge is 0.346 e. The lowest BCUT2D eigenvalue weighted by Crippen LogP contribution is -2.24. The monoisotopic (exact) mass is 398 g/mol. The van der Waals surface area contributed by atoms with Gasteiger partial charge in [-0.05, 0) is 42.8 Å². The number of carbonyl (C=O) groups excluding carboxylic acids is 3. The molecule has 0 unspecified atom stereocenters. The van der Waals surface area contributed by atoms with Crippen LogP contribution in [0.15, 0.2) is 42.5 Å². The topological polar surface area (TPSA) is 94.2 Å². The molecule has 1 heterocycles. The number of esters is 1. The molecule has 0 spiro atoms. The summed E-state index contributed by atoms with van der Waals surface area (Å²) in [4.78, 5) is 38.0. The molecule has 0 aliphatic carbocycles. The van der Waals surface area contributed by atoms with Crippen LogP contribution in [0.3, 0.4) is 0 Å². The number of rotatable bonds is 7. The average molecular weight is 398 g/mol. The van der Waals surface area contributed by atoms with Gasteiger partial charge >= 0.3 is 5.97 Å². The lowest BCUT2D eigenvalue weighted by atomic mass is 10.2. The van der Waals surface area contributed by atoms with E-state index in [0.29, 0.717) is 30.2 Å². The second kappa shape index (κ2) is 9.09. The van der Waals surface area contributed by atoms with Crippen molar-refractivity contribution in [3.05, 3.63) is 48.0 Å². The Morgan fingerprint density at radius 1 is 1.03 bits per heavy atom. The number of methoxy groups -OCH3 is 2.